The fraction of sp³-hybridized carbons (Fsp3) is 0.333. The van der Waals surface area contributed by atoms with Gasteiger partial charge < -0.3 is 9.84 Å². The molecule has 11 heteroatoms. The molecular formula is C24H27F2N7O2. The van der Waals surface area contributed by atoms with Gasteiger partial charge in [0.05, 0.1) is 32.1 Å². The van der Waals surface area contributed by atoms with E-state index in [0.29, 0.717) is 25.3 Å². The maximum Gasteiger partial charge on any atom is 0.137 e. The molecular weight excluding hydrogens is 456 g/mol. The number of nitrogens with zero attached hydrogens (tertiary/aromatic N) is 7. The van der Waals surface area contributed by atoms with E-state index in [0.717, 1.165) is 23.4 Å². The maximum absolute atomic E-state index is 14.7. The molecule has 0 fully saturated rings. The van der Waals surface area contributed by atoms with Crippen molar-refractivity contribution in [2.45, 2.75) is 32.2 Å². The molecule has 2 aromatic heterocycles. The first-order valence-electron chi connectivity index (χ1n) is 11.1. The van der Waals surface area contributed by atoms with E-state index in [1.54, 1.807) is 11.8 Å². The van der Waals surface area contributed by atoms with Crippen molar-refractivity contribution in [2.75, 3.05) is 20.2 Å². The Morgan fingerprint density at radius 2 is 1.91 bits per heavy atom. The average molecular weight is 484 g/mol. The molecule has 0 spiro atoms. The standard InChI is InChI=1S/C24H27F2N7O2/c1-3-31(12-20-13-32(30-29-20)11-18-4-7-21(35-2)8-5-18)14-24(34,15-33-17-27-16-28-33)22-9-6-19(25)10-23(22)26/h4-10,13,16-17,34H,3,11-12,14-15H2,1-2H3. The van der Waals surface area contributed by atoms with Crippen molar-refractivity contribution in [1.82, 2.24) is 34.7 Å². The third kappa shape index (κ3) is 6.06. The highest BCUT2D eigenvalue weighted by Gasteiger charge is 2.35. The summed E-state index contributed by atoms with van der Waals surface area (Å²) in [6.45, 7) is 3.39. The fourth-order valence-electron chi connectivity index (χ4n) is 3.95. The van der Waals surface area contributed by atoms with Crippen molar-refractivity contribution >= 4 is 0 Å². The Labute approximate surface area is 201 Å². The first kappa shape index (κ1) is 24.4. The minimum absolute atomic E-state index is 0.0176. The molecule has 9 nitrogen and oxygen atoms in total. The Balaban J connectivity index is 1.50. The minimum Gasteiger partial charge on any atom is -0.497 e. The predicted octanol–water partition coefficient (Wildman–Crippen LogP) is 2.61. The highest BCUT2D eigenvalue weighted by atomic mass is 19.1. The van der Waals surface area contributed by atoms with Crippen molar-refractivity contribution in [1.29, 1.82) is 0 Å². The topological polar surface area (TPSA) is 94.1 Å². The normalized spacial score (nSPS) is 13.2. The van der Waals surface area contributed by atoms with E-state index in [1.165, 1.54) is 23.4 Å². The van der Waals surface area contributed by atoms with E-state index in [-0.39, 0.29) is 18.7 Å². The number of benzene rings is 2. The summed E-state index contributed by atoms with van der Waals surface area (Å²) in [6.07, 6.45) is 4.61. The van der Waals surface area contributed by atoms with Crippen LogP contribution in [0, 0.1) is 11.6 Å². The molecule has 0 bridgehead atoms. The number of aliphatic hydroxyl groups is 1. The van der Waals surface area contributed by atoms with Crippen LogP contribution in [-0.4, -0.2) is 60.0 Å². The zero-order valence-electron chi connectivity index (χ0n) is 19.6. The second kappa shape index (κ2) is 10.7. The van der Waals surface area contributed by atoms with Crippen LogP contribution in [0.1, 0.15) is 23.7 Å². The van der Waals surface area contributed by atoms with E-state index in [4.69, 9.17) is 4.74 Å². The number of ether oxygens (including phenoxy) is 1. The third-order valence-corrected chi connectivity index (χ3v) is 5.73. The summed E-state index contributed by atoms with van der Waals surface area (Å²) >= 11 is 0. The van der Waals surface area contributed by atoms with E-state index >= 15 is 0 Å². The van der Waals surface area contributed by atoms with Crippen LogP contribution >= 0.6 is 0 Å². The molecule has 184 valence electrons. The van der Waals surface area contributed by atoms with Crippen LogP contribution < -0.4 is 4.74 Å². The second-order valence-electron chi connectivity index (χ2n) is 8.31. The molecule has 0 saturated carbocycles. The molecule has 4 aromatic rings. The van der Waals surface area contributed by atoms with Crippen molar-refractivity contribution in [3.05, 3.63) is 89.8 Å². The second-order valence-corrected chi connectivity index (χ2v) is 8.31. The lowest BCUT2D eigenvalue weighted by Crippen LogP contribution is -2.44. The largest absolute Gasteiger partial charge is 0.497 e. The summed E-state index contributed by atoms with van der Waals surface area (Å²) < 4.78 is 36.6. The first-order chi connectivity index (χ1) is 16.9. The van der Waals surface area contributed by atoms with Crippen molar-refractivity contribution in [2.24, 2.45) is 0 Å². The zero-order chi connectivity index (χ0) is 24.8. The summed E-state index contributed by atoms with van der Waals surface area (Å²) in [6, 6.07) is 10.8. The maximum atomic E-state index is 14.7. The van der Waals surface area contributed by atoms with Gasteiger partial charge in [0.2, 0.25) is 0 Å². The molecule has 2 heterocycles. The number of hydrogen-bond acceptors (Lipinski definition) is 7. The molecule has 4 rings (SSSR count). The van der Waals surface area contributed by atoms with Crippen LogP contribution in [0.5, 0.6) is 5.75 Å². The highest BCUT2D eigenvalue weighted by molar-refractivity contribution is 5.27. The Morgan fingerprint density at radius 1 is 1.11 bits per heavy atom. The number of methoxy groups -OCH3 is 1. The predicted molar refractivity (Wildman–Crippen MR) is 123 cm³/mol. The van der Waals surface area contributed by atoms with Gasteiger partial charge in [-0.3, -0.25) is 4.90 Å². The number of halogens is 2. The Morgan fingerprint density at radius 3 is 2.57 bits per heavy atom. The van der Waals surface area contributed by atoms with Gasteiger partial charge in [-0.25, -0.2) is 23.1 Å². The van der Waals surface area contributed by atoms with Gasteiger partial charge in [0.25, 0.3) is 0 Å². The SMILES string of the molecule is CCN(Cc1cn(Cc2ccc(OC)cc2)nn1)CC(O)(Cn1cncn1)c1ccc(F)cc1F. The monoisotopic (exact) mass is 483 g/mol. The van der Waals surface area contributed by atoms with Gasteiger partial charge in [-0.2, -0.15) is 5.10 Å². The molecule has 2 aromatic carbocycles. The van der Waals surface area contributed by atoms with Crippen LogP contribution in [0.2, 0.25) is 0 Å². The Bertz CT molecular complexity index is 1230. The lowest BCUT2D eigenvalue weighted by Gasteiger charge is -2.34. The molecule has 1 unspecified atom stereocenters. The van der Waals surface area contributed by atoms with Crippen LogP contribution in [0.3, 0.4) is 0 Å². The highest BCUT2D eigenvalue weighted by Crippen LogP contribution is 2.28. The molecule has 0 aliphatic rings. The van der Waals surface area contributed by atoms with Gasteiger partial charge in [-0.15, -0.1) is 5.10 Å². The molecule has 0 saturated heterocycles. The number of hydrogen-bond donors (Lipinski definition) is 1. The third-order valence-electron chi connectivity index (χ3n) is 5.73. The molecule has 0 amide bonds. The quantitative estimate of drug-likeness (QED) is 0.351. The number of rotatable bonds is 11. The lowest BCUT2D eigenvalue weighted by atomic mass is 9.92. The van der Waals surface area contributed by atoms with E-state index in [9.17, 15) is 13.9 Å². The molecule has 0 aliphatic heterocycles. The summed E-state index contributed by atoms with van der Waals surface area (Å²) in [7, 11) is 1.62. The zero-order valence-corrected chi connectivity index (χ0v) is 19.6. The van der Waals surface area contributed by atoms with Crippen LogP contribution in [0.15, 0.2) is 61.3 Å². The smallest absolute Gasteiger partial charge is 0.137 e. The van der Waals surface area contributed by atoms with Crippen LogP contribution in [0.25, 0.3) is 0 Å². The summed E-state index contributed by atoms with van der Waals surface area (Å²) in [5.74, 6) is -0.758. The average Bonchev–Trinajstić information content (AvgIpc) is 3.51. The van der Waals surface area contributed by atoms with Gasteiger partial charge in [0, 0.05) is 24.7 Å². The van der Waals surface area contributed by atoms with Gasteiger partial charge in [0.1, 0.15) is 35.6 Å². The summed E-state index contributed by atoms with van der Waals surface area (Å²) in [5.41, 5.74) is 0.0308. The summed E-state index contributed by atoms with van der Waals surface area (Å²) in [4.78, 5) is 5.81. The molecule has 35 heavy (non-hydrogen) atoms. The van der Waals surface area contributed by atoms with E-state index in [1.807, 2.05) is 42.3 Å². The van der Waals surface area contributed by atoms with Crippen molar-refractivity contribution < 1.29 is 18.6 Å². The first-order valence-corrected chi connectivity index (χ1v) is 11.1. The Hall–Kier alpha value is -3.70. The molecule has 1 atom stereocenters. The summed E-state index contributed by atoms with van der Waals surface area (Å²) in [5, 5.41) is 24.1. The molecule has 1 N–H and O–H groups in total. The molecule has 0 radical (unpaired) electrons. The number of likely N-dealkylation sites (N-methyl/N-ethyl adjacent to an activating group) is 1. The van der Waals surface area contributed by atoms with Crippen LogP contribution in [-0.2, 0) is 25.2 Å². The van der Waals surface area contributed by atoms with Gasteiger partial charge >= 0.3 is 0 Å². The van der Waals surface area contributed by atoms with E-state index < -0.39 is 17.2 Å². The lowest BCUT2D eigenvalue weighted by molar-refractivity contribution is -0.0227. The molecule has 0 aliphatic carbocycles. The van der Waals surface area contributed by atoms with Crippen LogP contribution in [0.4, 0.5) is 8.78 Å². The van der Waals surface area contributed by atoms with Gasteiger partial charge in [-0.05, 0) is 30.3 Å². The van der Waals surface area contributed by atoms with Gasteiger partial charge in [0.15, 0.2) is 0 Å². The van der Waals surface area contributed by atoms with Gasteiger partial charge in [-0.1, -0.05) is 30.3 Å². The minimum atomic E-state index is -1.69. The van der Waals surface area contributed by atoms with E-state index in [2.05, 4.69) is 20.4 Å². The fourth-order valence-corrected chi connectivity index (χ4v) is 3.95. The Kier molecular flexibility index (Phi) is 7.47. The van der Waals surface area contributed by atoms with Crippen molar-refractivity contribution in [3.8, 4) is 5.75 Å². The van der Waals surface area contributed by atoms with Crippen molar-refractivity contribution in [3.63, 3.8) is 0 Å². The number of aromatic nitrogens is 6.